The van der Waals surface area contributed by atoms with Crippen LogP contribution in [0.4, 0.5) is 17.6 Å². The van der Waals surface area contributed by atoms with Gasteiger partial charge in [0.05, 0.1) is 21.4 Å². The minimum Gasteiger partial charge on any atom is -0.382 e. The first-order valence-electron chi connectivity index (χ1n) is 9.76. The van der Waals surface area contributed by atoms with Gasteiger partial charge < -0.3 is 5.32 Å². The fourth-order valence-corrected chi connectivity index (χ4v) is 5.09. The van der Waals surface area contributed by atoms with Crippen molar-refractivity contribution < 1.29 is 22.4 Å². The van der Waals surface area contributed by atoms with E-state index in [4.69, 9.17) is 0 Å². The molecular formula is C24H19F4NOS. The zero-order valence-corrected chi connectivity index (χ0v) is 17.4. The summed E-state index contributed by atoms with van der Waals surface area (Å²) in [7, 11) is 1.64. The summed E-state index contributed by atoms with van der Waals surface area (Å²) in [6, 6.07) is 15.3. The highest BCUT2D eigenvalue weighted by Crippen LogP contribution is 2.42. The second-order valence-electron chi connectivity index (χ2n) is 7.30. The Hall–Kier alpha value is -2.80. The van der Waals surface area contributed by atoms with Gasteiger partial charge in [-0.2, -0.15) is 13.2 Å². The normalized spacial score (nSPS) is 16.9. The summed E-state index contributed by atoms with van der Waals surface area (Å²) in [5.41, 5.74) is 0.533. The van der Waals surface area contributed by atoms with Crippen molar-refractivity contribution in [2.45, 2.75) is 24.3 Å². The molecule has 7 heteroatoms. The maximum Gasteiger partial charge on any atom is 0.416 e. The number of Topliss-reactive ketones (excluding diaryl/α,β-unsaturated/α-hetero) is 1. The predicted octanol–water partition coefficient (Wildman–Crippen LogP) is 6.20. The number of hydrogen-bond acceptors (Lipinski definition) is 3. The van der Waals surface area contributed by atoms with Gasteiger partial charge in [-0.15, -0.1) is 0 Å². The topological polar surface area (TPSA) is 29.1 Å². The molecule has 0 aliphatic carbocycles. The number of thioether (sulfide) groups is 1. The first-order chi connectivity index (χ1) is 14.8. The SMILES string of the molecule is CNC1=C(c2cccc(C(F)(F)F)c2)C(=O)C(CCc2cccc3cccc(F)c23)S1. The number of fused-ring (bicyclic) bond motifs is 1. The number of rotatable bonds is 5. The molecule has 1 heterocycles. The number of alkyl halides is 3. The van der Waals surface area contributed by atoms with Crippen LogP contribution in [0.15, 0.2) is 65.7 Å². The predicted molar refractivity (Wildman–Crippen MR) is 116 cm³/mol. The van der Waals surface area contributed by atoms with Gasteiger partial charge in [-0.3, -0.25) is 4.79 Å². The van der Waals surface area contributed by atoms with Crippen molar-refractivity contribution in [2.75, 3.05) is 7.05 Å². The van der Waals surface area contributed by atoms with E-state index in [0.29, 0.717) is 23.3 Å². The van der Waals surface area contributed by atoms with Crippen LogP contribution >= 0.6 is 11.8 Å². The van der Waals surface area contributed by atoms with E-state index in [-0.39, 0.29) is 22.7 Å². The summed E-state index contributed by atoms with van der Waals surface area (Å²) >= 11 is 1.31. The van der Waals surface area contributed by atoms with Crippen LogP contribution in [0.25, 0.3) is 16.3 Å². The molecular weight excluding hydrogens is 426 g/mol. The maximum absolute atomic E-state index is 14.4. The third kappa shape index (κ3) is 4.19. The van der Waals surface area contributed by atoms with Gasteiger partial charge in [-0.05, 0) is 47.6 Å². The Balaban J connectivity index is 1.58. The molecule has 0 amide bonds. The van der Waals surface area contributed by atoms with E-state index in [9.17, 15) is 22.4 Å². The lowest BCUT2D eigenvalue weighted by Crippen LogP contribution is -2.15. The summed E-state index contributed by atoms with van der Waals surface area (Å²) in [6.07, 6.45) is -3.55. The van der Waals surface area contributed by atoms with Crippen LogP contribution in [0.3, 0.4) is 0 Å². The smallest absolute Gasteiger partial charge is 0.382 e. The van der Waals surface area contributed by atoms with Gasteiger partial charge in [0.15, 0.2) is 5.78 Å². The third-order valence-corrected chi connectivity index (χ3v) is 6.73. The van der Waals surface area contributed by atoms with Crippen LogP contribution in [0, 0.1) is 5.82 Å². The molecule has 0 saturated heterocycles. The fraction of sp³-hybridized carbons (Fsp3) is 0.208. The lowest BCUT2D eigenvalue weighted by molar-refractivity contribution is -0.137. The number of hydrogen-bond donors (Lipinski definition) is 1. The zero-order chi connectivity index (χ0) is 22.2. The number of nitrogens with one attached hydrogen (secondary N) is 1. The minimum atomic E-state index is -4.48. The van der Waals surface area contributed by atoms with E-state index < -0.39 is 17.0 Å². The molecule has 0 fully saturated rings. The quantitative estimate of drug-likeness (QED) is 0.474. The van der Waals surface area contributed by atoms with Gasteiger partial charge in [0.1, 0.15) is 5.82 Å². The van der Waals surface area contributed by atoms with Crippen LogP contribution in [-0.4, -0.2) is 18.1 Å². The van der Waals surface area contributed by atoms with Crippen LogP contribution in [0.2, 0.25) is 0 Å². The molecule has 0 spiro atoms. The Kier molecular flexibility index (Phi) is 5.79. The lowest BCUT2D eigenvalue weighted by atomic mass is 9.95. The summed E-state index contributed by atoms with van der Waals surface area (Å²) < 4.78 is 53.7. The van der Waals surface area contributed by atoms with Crippen molar-refractivity contribution in [2.24, 2.45) is 0 Å². The average Bonchev–Trinajstić information content (AvgIpc) is 3.07. The van der Waals surface area contributed by atoms with E-state index in [0.717, 1.165) is 23.1 Å². The Morgan fingerprint density at radius 3 is 2.45 bits per heavy atom. The van der Waals surface area contributed by atoms with Crippen molar-refractivity contribution >= 4 is 33.9 Å². The monoisotopic (exact) mass is 445 g/mol. The Labute approximate surface area is 181 Å². The fourth-order valence-electron chi connectivity index (χ4n) is 3.89. The van der Waals surface area contributed by atoms with Gasteiger partial charge in [0.2, 0.25) is 0 Å². The molecule has 0 bridgehead atoms. The second kappa shape index (κ2) is 8.38. The summed E-state index contributed by atoms with van der Waals surface area (Å²) in [5.74, 6) is -0.522. The van der Waals surface area contributed by atoms with Crippen molar-refractivity contribution in [1.82, 2.24) is 5.32 Å². The number of allylic oxidation sites excluding steroid dienone is 1. The first-order valence-corrected chi connectivity index (χ1v) is 10.6. The molecule has 1 unspecified atom stereocenters. The van der Waals surface area contributed by atoms with E-state index >= 15 is 0 Å². The van der Waals surface area contributed by atoms with Gasteiger partial charge in [-0.25, -0.2) is 4.39 Å². The number of carbonyl (C=O) groups is 1. The number of ketones is 1. The molecule has 3 aromatic carbocycles. The largest absolute Gasteiger partial charge is 0.416 e. The van der Waals surface area contributed by atoms with Crippen LogP contribution in [0.1, 0.15) is 23.1 Å². The maximum atomic E-state index is 14.4. The number of aryl methyl sites for hydroxylation is 1. The van der Waals surface area contributed by atoms with Gasteiger partial charge in [-0.1, -0.05) is 54.2 Å². The number of halogens is 4. The molecule has 3 aromatic rings. The summed E-state index contributed by atoms with van der Waals surface area (Å²) in [6.45, 7) is 0. The van der Waals surface area contributed by atoms with Gasteiger partial charge >= 0.3 is 6.18 Å². The standard InChI is InChI=1S/C24H19F4NOS/c1-29-23-21(16-8-3-9-17(13-16)24(26,27)28)22(30)19(31-23)12-11-15-6-2-5-14-7-4-10-18(25)20(14)15/h2-10,13,19,29H,11-12H2,1H3. The van der Waals surface area contributed by atoms with Crippen molar-refractivity contribution in [3.8, 4) is 0 Å². The van der Waals surface area contributed by atoms with Crippen LogP contribution in [-0.2, 0) is 17.4 Å². The molecule has 0 saturated carbocycles. The molecule has 4 rings (SSSR count). The third-order valence-electron chi connectivity index (χ3n) is 5.35. The molecule has 31 heavy (non-hydrogen) atoms. The summed E-state index contributed by atoms with van der Waals surface area (Å²) in [5, 5.41) is 4.39. The highest BCUT2D eigenvalue weighted by atomic mass is 32.2. The highest BCUT2D eigenvalue weighted by Gasteiger charge is 2.36. The minimum absolute atomic E-state index is 0.214. The number of benzene rings is 3. The second-order valence-corrected chi connectivity index (χ2v) is 8.51. The molecule has 160 valence electrons. The molecule has 2 nitrogen and oxygen atoms in total. The lowest BCUT2D eigenvalue weighted by Gasteiger charge is -2.12. The van der Waals surface area contributed by atoms with Crippen LogP contribution < -0.4 is 5.32 Å². The first kappa shape index (κ1) is 21.4. The van der Waals surface area contributed by atoms with E-state index in [2.05, 4.69) is 5.32 Å². The Bertz CT molecular complexity index is 1180. The molecule has 1 atom stereocenters. The Morgan fingerprint density at radius 2 is 1.74 bits per heavy atom. The molecule has 0 aromatic heterocycles. The van der Waals surface area contributed by atoms with Crippen molar-refractivity contribution in [3.63, 3.8) is 0 Å². The molecule has 1 aliphatic heterocycles. The van der Waals surface area contributed by atoms with Crippen LogP contribution in [0.5, 0.6) is 0 Å². The van der Waals surface area contributed by atoms with E-state index in [1.165, 1.54) is 30.0 Å². The molecule has 0 radical (unpaired) electrons. The van der Waals surface area contributed by atoms with E-state index in [1.807, 2.05) is 24.3 Å². The van der Waals surface area contributed by atoms with Crippen molar-refractivity contribution in [3.05, 3.63) is 88.2 Å². The number of carbonyl (C=O) groups excluding carboxylic acids is 1. The van der Waals surface area contributed by atoms with Gasteiger partial charge in [0, 0.05) is 12.4 Å². The summed E-state index contributed by atoms with van der Waals surface area (Å²) in [4.78, 5) is 13.1. The van der Waals surface area contributed by atoms with E-state index in [1.54, 1.807) is 13.1 Å². The molecule has 1 aliphatic rings. The van der Waals surface area contributed by atoms with Crippen molar-refractivity contribution in [1.29, 1.82) is 0 Å². The average molecular weight is 445 g/mol. The highest BCUT2D eigenvalue weighted by molar-refractivity contribution is 8.05. The molecule has 1 N–H and O–H groups in total. The van der Waals surface area contributed by atoms with Gasteiger partial charge in [0.25, 0.3) is 0 Å². The Morgan fingerprint density at radius 1 is 1.03 bits per heavy atom. The zero-order valence-electron chi connectivity index (χ0n) is 16.6.